The fraction of sp³-hybridized carbons (Fsp3) is 0.985. The molecule has 19 nitrogen and oxygen atoms in total. The van der Waals surface area contributed by atoms with Crippen molar-refractivity contribution in [3.05, 3.63) is 0 Å². The average Bonchev–Trinajstić information content (AvgIpc) is 3.62. The maximum absolute atomic E-state index is 13.3. The van der Waals surface area contributed by atoms with Gasteiger partial charge in [0, 0.05) is 6.42 Å². The second-order valence-electron chi connectivity index (χ2n) is 25.0. The zero-order valence-electron chi connectivity index (χ0n) is 52.4. The third-order valence-electron chi connectivity index (χ3n) is 17.7. The van der Waals surface area contributed by atoms with Crippen LogP contribution in [0.15, 0.2) is 0 Å². The topological polar surface area (TPSA) is 307 Å². The van der Waals surface area contributed by atoms with Gasteiger partial charge in [0.1, 0.15) is 73.2 Å². The first-order valence-corrected chi connectivity index (χ1v) is 34.3. The third kappa shape index (κ3) is 31.0. The van der Waals surface area contributed by atoms with Gasteiger partial charge in [-0.2, -0.15) is 0 Å². The van der Waals surface area contributed by atoms with Crippen molar-refractivity contribution < 1.29 is 89.4 Å². The largest absolute Gasteiger partial charge is 0.394 e. The van der Waals surface area contributed by atoms with Crippen molar-refractivity contribution in [1.29, 1.82) is 0 Å². The molecule has 3 aliphatic heterocycles. The van der Waals surface area contributed by atoms with Gasteiger partial charge in [-0.3, -0.25) is 4.79 Å². The second kappa shape index (κ2) is 48.6. The first-order valence-electron chi connectivity index (χ1n) is 34.3. The van der Waals surface area contributed by atoms with Gasteiger partial charge in [0.2, 0.25) is 5.91 Å². The number of rotatable bonds is 53. The lowest BCUT2D eigenvalue weighted by atomic mass is 9.96. The molecule has 0 aromatic rings. The van der Waals surface area contributed by atoms with E-state index in [0.717, 1.165) is 44.9 Å². The number of unbranched alkanes of at least 4 members (excludes halogenated alkanes) is 37. The molecule has 0 aliphatic carbocycles. The van der Waals surface area contributed by atoms with Crippen molar-refractivity contribution in [2.24, 2.45) is 0 Å². The Morgan fingerprint density at radius 2 is 0.679 bits per heavy atom. The molecule has 12 N–H and O–H groups in total. The van der Waals surface area contributed by atoms with Crippen molar-refractivity contribution in [1.82, 2.24) is 5.32 Å². The summed E-state index contributed by atoms with van der Waals surface area (Å²) in [6.45, 7) is 1.81. The lowest BCUT2D eigenvalue weighted by Gasteiger charge is -2.48. The van der Waals surface area contributed by atoms with Crippen LogP contribution < -0.4 is 5.32 Å². The quantitative estimate of drug-likeness (QED) is 0.0255. The van der Waals surface area contributed by atoms with E-state index in [1.54, 1.807) is 0 Å². The summed E-state index contributed by atoms with van der Waals surface area (Å²) in [6, 6.07) is -0.880. The molecule has 17 atom stereocenters. The second-order valence-corrected chi connectivity index (χ2v) is 25.0. The molecule has 3 rings (SSSR count). The number of aliphatic hydroxyl groups is 11. The van der Waals surface area contributed by atoms with Crippen molar-refractivity contribution in [3.8, 4) is 0 Å². The highest BCUT2D eigenvalue weighted by atomic mass is 16.8. The van der Waals surface area contributed by atoms with Gasteiger partial charge in [-0.05, 0) is 12.8 Å². The van der Waals surface area contributed by atoms with Crippen LogP contribution in [0.2, 0.25) is 0 Å². The summed E-state index contributed by atoms with van der Waals surface area (Å²) in [5.41, 5.74) is 0. The maximum atomic E-state index is 13.3. The van der Waals surface area contributed by atoms with E-state index in [1.807, 2.05) is 0 Å². The van der Waals surface area contributed by atoms with E-state index in [1.165, 1.54) is 199 Å². The lowest BCUT2D eigenvalue weighted by Crippen LogP contribution is -2.66. The fourth-order valence-electron chi connectivity index (χ4n) is 12.1. The van der Waals surface area contributed by atoms with Gasteiger partial charge >= 0.3 is 0 Å². The predicted octanol–water partition coefficient (Wildman–Crippen LogP) is 8.33. The minimum Gasteiger partial charge on any atom is -0.394 e. The van der Waals surface area contributed by atoms with Crippen LogP contribution in [0.5, 0.6) is 0 Å². The molecule has 3 fully saturated rings. The Bertz CT molecular complexity index is 1540. The molecule has 0 spiro atoms. The molecule has 3 saturated heterocycles. The molecule has 498 valence electrons. The number of carbonyl (C=O) groups excluding carboxylic acids is 1. The predicted molar refractivity (Wildman–Crippen MR) is 324 cm³/mol. The normalized spacial score (nSPS) is 29.1. The standard InChI is InChI=1S/C65H125NO18/c1-3-5-7-9-11-13-15-16-17-18-19-20-21-22-23-24-25-26-27-28-29-30-31-33-34-36-38-40-42-49(70)48(66-53(71)43-41-39-37-35-32-14-12-10-8-6-4-2)47-79-63-59(77)56(74)61(51(45-68)81-63)84-65-60(78)57(75)62(52(46-69)82-65)83-64-58(76)55(73)54(72)50(44-67)80-64/h48-52,54-65,67-70,72-78H,3-47H2,1-2H3,(H,66,71). The van der Waals surface area contributed by atoms with Crippen LogP contribution in [-0.4, -0.2) is 193 Å². The lowest BCUT2D eigenvalue weighted by molar-refractivity contribution is -0.379. The van der Waals surface area contributed by atoms with E-state index >= 15 is 0 Å². The number of carbonyl (C=O) groups is 1. The Kier molecular flexibility index (Phi) is 44.6. The highest BCUT2D eigenvalue weighted by Gasteiger charge is 2.53. The SMILES string of the molecule is CCCCCCCCCCCCCCCCCCCCCCCCCCCCCCC(O)C(COC1OC(CO)C(OC2OC(CO)C(OC3OC(CO)C(O)C(O)C3O)C(O)C2O)C(O)C1O)NC(=O)CCCCCCCCCCCCC. The molecule has 3 heterocycles. The van der Waals surface area contributed by atoms with Crippen LogP contribution in [-0.2, 0) is 33.2 Å². The summed E-state index contributed by atoms with van der Waals surface area (Å²) >= 11 is 0. The monoisotopic (exact) mass is 1210 g/mol. The number of hydrogen-bond donors (Lipinski definition) is 12. The Hall–Kier alpha value is -1.21. The van der Waals surface area contributed by atoms with Crippen LogP contribution in [0.25, 0.3) is 0 Å². The molecule has 17 unspecified atom stereocenters. The third-order valence-corrected chi connectivity index (χ3v) is 17.7. The minimum atomic E-state index is -1.97. The fourth-order valence-corrected chi connectivity index (χ4v) is 12.1. The number of nitrogens with one attached hydrogen (secondary N) is 1. The summed E-state index contributed by atoms with van der Waals surface area (Å²) in [5.74, 6) is -0.240. The molecule has 3 aliphatic rings. The van der Waals surface area contributed by atoms with Crippen LogP contribution in [0.4, 0.5) is 0 Å². The summed E-state index contributed by atoms with van der Waals surface area (Å²) in [7, 11) is 0. The van der Waals surface area contributed by atoms with Crippen molar-refractivity contribution in [2.75, 3.05) is 26.4 Å². The molecule has 84 heavy (non-hydrogen) atoms. The number of hydrogen-bond acceptors (Lipinski definition) is 18. The van der Waals surface area contributed by atoms with Crippen molar-refractivity contribution >= 4 is 5.91 Å². The Balaban J connectivity index is 1.38. The van der Waals surface area contributed by atoms with E-state index in [9.17, 15) is 61.0 Å². The van der Waals surface area contributed by atoms with Crippen LogP contribution in [0.1, 0.15) is 277 Å². The molecule has 0 bridgehead atoms. The minimum absolute atomic E-state index is 0.240. The van der Waals surface area contributed by atoms with Crippen LogP contribution >= 0.6 is 0 Å². The number of ether oxygens (including phenoxy) is 6. The zero-order chi connectivity index (χ0) is 61.2. The van der Waals surface area contributed by atoms with E-state index < -0.39 is 124 Å². The summed E-state index contributed by atoms with van der Waals surface area (Å²) in [5, 5.41) is 120. The van der Waals surface area contributed by atoms with Crippen molar-refractivity contribution in [3.63, 3.8) is 0 Å². The molecular formula is C65H125NO18. The van der Waals surface area contributed by atoms with Crippen molar-refractivity contribution in [2.45, 2.75) is 381 Å². The van der Waals surface area contributed by atoms with Gasteiger partial charge in [0.05, 0.1) is 38.6 Å². The van der Waals surface area contributed by atoms with E-state index in [0.29, 0.717) is 12.8 Å². The van der Waals surface area contributed by atoms with Crippen LogP contribution in [0, 0.1) is 0 Å². The molecule has 0 saturated carbocycles. The molecule has 1 amide bonds. The summed E-state index contributed by atoms with van der Waals surface area (Å²) in [6.07, 6.45) is 23.5. The highest BCUT2D eigenvalue weighted by Crippen LogP contribution is 2.33. The Morgan fingerprint density at radius 1 is 0.381 bits per heavy atom. The first kappa shape index (κ1) is 77.0. The smallest absolute Gasteiger partial charge is 0.220 e. The number of aliphatic hydroxyl groups excluding tert-OH is 11. The molecule has 0 aromatic heterocycles. The van der Waals surface area contributed by atoms with Gasteiger partial charge in [0.25, 0.3) is 0 Å². The number of amides is 1. The van der Waals surface area contributed by atoms with E-state index in [4.69, 9.17) is 28.4 Å². The zero-order valence-corrected chi connectivity index (χ0v) is 52.4. The first-order chi connectivity index (χ1) is 40.8. The molecular weight excluding hydrogens is 1080 g/mol. The summed E-state index contributed by atoms with van der Waals surface area (Å²) < 4.78 is 34.4. The van der Waals surface area contributed by atoms with Gasteiger partial charge in [-0.15, -0.1) is 0 Å². The molecule has 0 aromatic carbocycles. The van der Waals surface area contributed by atoms with Gasteiger partial charge in [0.15, 0.2) is 18.9 Å². The van der Waals surface area contributed by atoms with Gasteiger partial charge in [-0.25, -0.2) is 0 Å². The molecule has 0 radical (unpaired) electrons. The maximum Gasteiger partial charge on any atom is 0.220 e. The van der Waals surface area contributed by atoms with Gasteiger partial charge < -0.3 is 89.9 Å². The Morgan fingerprint density at radius 3 is 1.04 bits per heavy atom. The molecule has 19 heteroatoms. The average molecular weight is 1210 g/mol. The summed E-state index contributed by atoms with van der Waals surface area (Å²) in [4.78, 5) is 13.3. The highest BCUT2D eigenvalue weighted by molar-refractivity contribution is 5.76. The van der Waals surface area contributed by atoms with Crippen LogP contribution in [0.3, 0.4) is 0 Å². The Labute approximate surface area is 506 Å². The van der Waals surface area contributed by atoms with E-state index in [2.05, 4.69) is 19.2 Å². The van der Waals surface area contributed by atoms with Gasteiger partial charge in [-0.1, -0.05) is 258 Å². The van der Waals surface area contributed by atoms with E-state index in [-0.39, 0.29) is 18.9 Å².